The molecule has 0 spiro atoms. The Kier molecular flexibility index (Phi) is 7.59. The summed E-state index contributed by atoms with van der Waals surface area (Å²) in [5.74, 6) is 1.84. The van der Waals surface area contributed by atoms with Crippen molar-refractivity contribution in [3.05, 3.63) is 206 Å². The molecular formula is C61H34N4OS. The van der Waals surface area contributed by atoms with Gasteiger partial charge in [0.1, 0.15) is 11.2 Å². The second-order valence-electron chi connectivity index (χ2n) is 17.5. The molecule has 4 aromatic heterocycles. The van der Waals surface area contributed by atoms with Gasteiger partial charge in [0.05, 0.1) is 16.7 Å². The zero-order valence-corrected chi connectivity index (χ0v) is 36.6. The molecule has 0 amide bonds. The highest BCUT2D eigenvalue weighted by atomic mass is 32.1. The summed E-state index contributed by atoms with van der Waals surface area (Å²) in [6, 6.07) is 73.8. The Balaban J connectivity index is 1.02. The average molecular weight is 871 g/mol. The van der Waals surface area contributed by atoms with E-state index in [4.69, 9.17) is 19.4 Å². The van der Waals surface area contributed by atoms with Gasteiger partial charge in [-0.05, 0) is 86.2 Å². The van der Waals surface area contributed by atoms with Crippen molar-refractivity contribution in [2.24, 2.45) is 0 Å². The van der Waals surface area contributed by atoms with E-state index in [0.717, 1.165) is 76.9 Å². The fourth-order valence-electron chi connectivity index (χ4n) is 10.7. The first-order valence-electron chi connectivity index (χ1n) is 22.6. The summed E-state index contributed by atoms with van der Waals surface area (Å²) < 4.78 is 11.9. The third kappa shape index (κ3) is 5.45. The summed E-state index contributed by atoms with van der Waals surface area (Å²) >= 11 is 1.79. The molecule has 0 fully saturated rings. The lowest BCUT2D eigenvalue weighted by atomic mass is 9.98. The van der Waals surface area contributed by atoms with Crippen molar-refractivity contribution in [2.75, 3.05) is 0 Å². The lowest BCUT2D eigenvalue weighted by Gasteiger charge is -2.14. The zero-order valence-electron chi connectivity index (χ0n) is 35.7. The highest BCUT2D eigenvalue weighted by Gasteiger charge is 2.24. The molecule has 0 N–H and O–H groups in total. The van der Waals surface area contributed by atoms with Gasteiger partial charge in [-0.1, -0.05) is 152 Å². The normalized spacial score (nSPS) is 12.2. The number of hydrogen-bond donors (Lipinski definition) is 0. The van der Waals surface area contributed by atoms with Gasteiger partial charge in [-0.25, -0.2) is 15.0 Å². The fourth-order valence-corrected chi connectivity index (χ4v) is 11.8. The van der Waals surface area contributed by atoms with Crippen LogP contribution in [0.5, 0.6) is 0 Å². The molecule has 15 rings (SSSR count). The SMILES string of the molecule is c1ccc2cc(-c3nc(-c4cccc5sc6ccccc6c45)nc(-c4cccc5oc6cc(-n7c8cc9ccccc9cc8c8cc9ccccc9cc87)c7ccccc7c6c45)n3)ccc2c1. The van der Waals surface area contributed by atoms with E-state index in [2.05, 4.69) is 211 Å². The van der Waals surface area contributed by atoms with Gasteiger partial charge in [-0.3, -0.25) is 0 Å². The van der Waals surface area contributed by atoms with E-state index in [1.54, 1.807) is 11.3 Å². The molecule has 15 aromatic rings. The lowest BCUT2D eigenvalue weighted by molar-refractivity contribution is 0.669. The summed E-state index contributed by atoms with van der Waals surface area (Å²) in [7, 11) is 0. The minimum absolute atomic E-state index is 0.590. The molecule has 310 valence electrons. The predicted molar refractivity (Wildman–Crippen MR) is 281 cm³/mol. The smallest absolute Gasteiger partial charge is 0.164 e. The topological polar surface area (TPSA) is 56.7 Å². The van der Waals surface area contributed by atoms with Crippen molar-refractivity contribution >= 4 is 118 Å². The first-order valence-corrected chi connectivity index (χ1v) is 23.4. The van der Waals surface area contributed by atoms with Crippen molar-refractivity contribution < 1.29 is 4.42 Å². The van der Waals surface area contributed by atoms with Crippen LogP contribution in [-0.2, 0) is 0 Å². The van der Waals surface area contributed by atoms with Crippen LogP contribution >= 0.6 is 11.3 Å². The average Bonchev–Trinajstić information content (AvgIpc) is 4.06. The van der Waals surface area contributed by atoms with Crippen molar-refractivity contribution in [2.45, 2.75) is 0 Å². The van der Waals surface area contributed by atoms with E-state index in [0.29, 0.717) is 17.5 Å². The van der Waals surface area contributed by atoms with Gasteiger partial charge in [0, 0.05) is 69.9 Å². The van der Waals surface area contributed by atoms with Gasteiger partial charge < -0.3 is 8.98 Å². The van der Waals surface area contributed by atoms with Crippen molar-refractivity contribution in [3.8, 4) is 39.9 Å². The first-order chi connectivity index (χ1) is 33.2. The Bertz CT molecular complexity index is 4500. The molecular weight excluding hydrogens is 837 g/mol. The number of aromatic nitrogens is 4. The predicted octanol–water partition coefficient (Wildman–Crippen LogP) is 16.8. The largest absolute Gasteiger partial charge is 0.456 e. The molecule has 0 aliphatic rings. The van der Waals surface area contributed by atoms with Gasteiger partial charge in [-0.15, -0.1) is 11.3 Å². The highest BCUT2D eigenvalue weighted by Crippen LogP contribution is 2.46. The fraction of sp³-hybridized carbons (Fsp3) is 0. The molecule has 0 bridgehead atoms. The Morgan fingerprint density at radius 1 is 0.343 bits per heavy atom. The maximum Gasteiger partial charge on any atom is 0.164 e. The van der Waals surface area contributed by atoms with Crippen molar-refractivity contribution in [3.63, 3.8) is 0 Å². The van der Waals surface area contributed by atoms with E-state index >= 15 is 0 Å². The van der Waals surface area contributed by atoms with Gasteiger partial charge >= 0.3 is 0 Å². The minimum Gasteiger partial charge on any atom is -0.456 e. The summed E-state index contributed by atoms with van der Waals surface area (Å²) in [5.41, 5.74) is 7.72. The van der Waals surface area contributed by atoms with Gasteiger partial charge in [0.2, 0.25) is 0 Å². The molecule has 0 saturated carbocycles. The van der Waals surface area contributed by atoms with Crippen LogP contribution in [0.3, 0.4) is 0 Å². The maximum absolute atomic E-state index is 7.02. The summed E-state index contributed by atoms with van der Waals surface area (Å²) in [6.45, 7) is 0. The third-order valence-electron chi connectivity index (χ3n) is 13.8. The number of thiophene rings is 1. The molecule has 0 unspecified atom stereocenters. The monoisotopic (exact) mass is 870 g/mol. The van der Waals surface area contributed by atoms with E-state index in [1.807, 2.05) is 0 Å². The van der Waals surface area contributed by atoms with Gasteiger partial charge in [0.15, 0.2) is 17.5 Å². The Hall–Kier alpha value is -8.71. The van der Waals surface area contributed by atoms with E-state index < -0.39 is 0 Å². The van der Waals surface area contributed by atoms with Gasteiger partial charge in [-0.2, -0.15) is 0 Å². The van der Waals surface area contributed by atoms with Crippen LogP contribution in [-0.4, -0.2) is 19.5 Å². The summed E-state index contributed by atoms with van der Waals surface area (Å²) in [5, 5.41) is 16.1. The quantitative estimate of drug-likeness (QED) is 0.177. The van der Waals surface area contributed by atoms with Crippen molar-refractivity contribution in [1.82, 2.24) is 19.5 Å². The van der Waals surface area contributed by atoms with Crippen LogP contribution in [0.4, 0.5) is 0 Å². The van der Waals surface area contributed by atoms with Crippen LogP contribution in [0.2, 0.25) is 0 Å². The second-order valence-corrected chi connectivity index (χ2v) is 18.6. The number of hydrogen-bond acceptors (Lipinski definition) is 5. The highest BCUT2D eigenvalue weighted by molar-refractivity contribution is 7.25. The maximum atomic E-state index is 7.02. The molecule has 11 aromatic carbocycles. The Morgan fingerprint density at radius 2 is 0.881 bits per heavy atom. The lowest BCUT2D eigenvalue weighted by Crippen LogP contribution is -2.01. The molecule has 5 nitrogen and oxygen atoms in total. The second kappa shape index (κ2) is 13.9. The number of rotatable bonds is 4. The minimum atomic E-state index is 0.590. The standard InChI is InChI=1S/C61H34N4OS/c1-2-14-36-29-41(28-27-35(36)13-1)59-62-60(45-23-12-26-55-56(45)44-21-9-10-25-54(44)67-55)64-61(63-59)46-22-11-24-52-58(46)57-43-20-8-7-19-42(43)51(34-53(57)66-52)65-49-32-39-17-5-3-15-37(39)30-47(49)48-31-38-16-4-6-18-40(38)33-50(48)65/h1-34H. The van der Waals surface area contributed by atoms with Crippen LogP contribution in [0.25, 0.3) is 147 Å². The third-order valence-corrected chi connectivity index (χ3v) is 14.9. The summed E-state index contributed by atoms with van der Waals surface area (Å²) in [4.78, 5) is 16.1. The van der Waals surface area contributed by atoms with Crippen molar-refractivity contribution in [1.29, 1.82) is 0 Å². The number of nitrogens with zero attached hydrogens (tertiary/aromatic N) is 4. The molecule has 0 aliphatic carbocycles. The van der Waals surface area contributed by atoms with E-state index in [1.165, 1.54) is 52.5 Å². The first kappa shape index (κ1) is 36.6. The zero-order chi connectivity index (χ0) is 43.7. The molecule has 67 heavy (non-hydrogen) atoms. The number of fused-ring (bicyclic) bond motifs is 14. The Labute approximate surface area is 386 Å². The van der Waals surface area contributed by atoms with Crippen LogP contribution in [0.1, 0.15) is 0 Å². The molecule has 0 saturated heterocycles. The molecule has 0 aliphatic heterocycles. The molecule has 0 atom stereocenters. The molecule has 4 heterocycles. The van der Waals surface area contributed by atoms with E-state index in [-0.39, 0.29) is 0 Å². The molecule has 0 radical (unpaired) electrons. The van der Waals surface area contributed by atoms with Crippen LogP contribution in [0, 0.1) is 0 Å². The Morgan fingerprint density at radius 3 is 1.58 bits per heavy atom. The van der Waals surface area contributed by atoms with Gasteiger partial charge in [0.25, 0.3) is 0 Å². The summed E-state index contributed by atoms with van der Waals surface area (Å²) in [6.07, 6.45) is 0. The van der Waals surface area contributed by atoms with E-state index in [9.17, 15) is 0 Å². The number of benzene rings is 11. The molecule has 6 heteroatoms. The van der Waals surface area contributed by atoms with Crippen LogP contribution < -0.4 is 0 Å². The van der Waals surface area contributed by atoms with Crippen LogP contribution in [0.15, 0.2) is 211 Å². The number of furan rings is 1.